The molecule has 0 saturated carbocycles. The van der Waals surface area contributed by atoms with Gasteiger partial charge in [0.25, 0.3) is 0 Å². The van der Waals surface area contributed by atoms with E-state index in [0.29, 0.717) is 32.5 Å². The van der Waals surface area contributed by atoms with Crippen molar-refractivity contribution in [2.45, 2.75) is 238 Å². The molecule has 6 heteroatoms. The third-order valence-corrected chi connectivity index (χ3v) is 5.35. The van der Waals surface area contributed by atoms with Gasteiger partial charge < -0.3 is 14.3 Å². The number of ether oxygens (including phenoxy) is 2. The fourth-order valence-electron chi connectivity index (χ4n) is 2.51. The number of hydroxylamine groups is 1. The van der Waals surface area contributed by atoms with Crippen LogP contribution in [0.2, 0.25) is 0 Å². The number of thioether (sulfide) groups is 1. The fraction of sp³-hybridized carbons (Fsp3) is 1.00. The maximum atomic E-state index is 5.33. The minimum Gasteiger partial charge on any atom is -0.381 e. The Kier molecular flexibility index (Phi) is 48.1. The Morgan fingerprint density at radius 1 is 0.393 bits per heavy atom. The molecule has 0 aromatic carbocycles. The Hall–Kier alpha value is 0.150. The van der Waals surface area contributed by atoms with Gasteiger partial charge in [-0.15, -0.1) is 0 Å². The van der Waals surface area contributed by atoms with Crippen molar-refractivity contribution in [2.24, 2.45) is 32.5 Å². The van der Waals surface area contributed by atoms with Crippen LogP contribution in [-0.2, 0) is 14.3 Å². The smallest absolute Gasteiger partial charge is 0.0994 e. The van der Waals surface area contributed by atoms with E-state index in [0.717, 1.165) is 39.7 Å². The van der Waals surface area contributed by atoms with Crippen LogP contribution in [-0.4, -0.2) is 68.2 Å². The first-order valence-corrected chi connectivity index (χ1v) is 23.1. The van der Waals surface area contributed by atoms with Crippen molar-refractivity contribution in [3.63, 3.8) is 0 Å². The SMILES string of the molecule is C.C1CCOC1.C1CCSC1.C1CNOC1.CC(C)(C)C.CC(C)(C)C.CC(C)(C)C.CC(C)(C)C.CC(C)(C)C.CC(C)(C)C.CC(C)(C)N1CCCOC1. The van der Waals surface area contributed by atoms with Gasteiger partial charge in [-0.1, -0.05) is 174 Å². The van der Waals surface area contributed by atoms with Gasteiger partial charge in [0.2, 0.25) is 0 Å². The Morgan fingerprint density at radius 2 is 0.696 bits per heavy atom. The number of hydrogen-bond donors (Lipinski definition) is 1. The third-order valence-electron chi connectivity index (χ3n) is 4.19. The summed E-state index contributed by atoms with van der Waals surface area (Å²) >= 11 is 2.07. The molecule has 4 aliphatic rings. The minimum absolute atomic E-state index is 0. The Bertz CT molecular complexity index is 559. The molecule has 56 heavy (non-hydrogen) atoms. The van der Waals surface area contributed by atoms with Crippen molar-refractivity contribution in [3.8, 4) is 0 Å². The van der Waals surface area contributed by atoms with Gasteiger partial charge in [-0.2, -0.15) is 11.8 Å². The Morgan fingerprint density at radius 3 is 0.804 bits per heavy atom. The maximum Gasteiger partial charge on any atom is 0.0994 e. The molecule has 0 amide bonds. The molecule has 4 saturated heterocycles. The molecule has 0 spiro atoms. The predicted molar refractivity (Wildman–Crippen MR) is 265 cm³/mol. The molecule has 0 unspecified atom stereocenters. The average molecular weight is 826 g/mol. The van der Waals surface area contributed by atoms with Crippen LogP contribution in [0.15, 0.2) is 0 Å². The van der Waals surface area contributed by atoms with Crippen LogP contribution in [0.4, 0.5) is 0 Å². The zero-order valence-corrected chi connectivity index (χ0v) is 44.5. The first-order chi connectivity index (χ1) is 24.1. The van der Waals surface area contributed by atoms with Crippen LogP contribution >= 0.6 is 11.8 Å². The summed E-state index contributed by atoms with van der Waals surface area (Å²) in [7, 11) is 0. The summed E-state index contributed by atoms with van der Waals surface area (Å²) in [6, 6.07) is 0. The lowest BCUT2D eigenvalue weighted by atomic mass is 10.0. The molecule has 0 radical (unpaired) electrons. The normalized spacial score (nSPS) is 17.0. The summed E-state index contributed by atoms with van der Waals surface area (Å²) in [5, 5.41) is 0. The highest BCUT2D eigenvalue weighted by molar-refractivity contribution is 7.99. The molecule has 350 valence electrons. The topological polar surface area (TPSA) is 43.0 Å². The van der Waals surface area contributed by atoms with E-state index in [1.165, 1.54) is 56.6 Å². The van der Waals surface area contributed by atoms with Gasteiger partial charge in [-0.05, 0) is 103 Å². The maximum absolute atomic E-state index is 5.33. The van der Waals surface area contributed by atoms with Gasteiger partial charge in [-0.25, -0.2) is 5.48 Å². The highest BCUT2D eigenvalue weighted by Crippen LogP contribution is 2.16. The van der Waals surface area contributed by atoms with Gasteiger partial charge in [0.05, 0.1) is 13.3 Å². The Labute approximate surface area is 363 Å². The minimum atomic E-state index is 0. The molecule has 4 rings (SSSR count). The molecule has 4 aliphatic heterocycles. The van der Waals surface area contributed by atoms with Crippen LogP contribution in [0, 0.1) is 32.5 Å². The van der Waals surface area contributed by atoms with Crippen LogP contribution in [0.1, 0.15) is 233 Å². The van der Waals surface area contributed by atoms with Gasteiger partial charge in [0, 0.05) is 38.4 Å². The fourth-order valence-corrected chi connectivity index (χ4v) is 3.53. The van der Waals surface area contributed by atoms with Gasteiger partial charge in [0.15, 0.2) is 0 Å². The molecular formula is C50H116N2O3S. The lowest BCUT2D eigenvalue weighted by Crippen LogP contribution is -2.46. The van der Waals surface area contributed by atoms with E-state index >= 15 is 0 Å². The average Bonchev–Trinajstić information content (AvgIpc) is 3.71. The van der Waals surface area contributed by atoms with E-state index in [2.05, 4.69) is 209 Å². The van der Waals surface area contributed by atoms with Crippen LogP contribution < -0.4 is 5.48 Å². The van der Waals surface area contributed by atoms with E-state index in [1.54, 1.807) is 0 Å². The van der Waals surface area contributed by atoms with Crippen LogP contribution in [0.3, 0.4) is 0 Å². The van der Waals surface area contributed by atoms with Crippen molar-refractivity contribution in [2.75, 3.05) is 57.8 Å². The first-order valence-electron chi connectivity index (χ1n) is 21.9. The molecular weight excluding hydrogens is 709 g/mol. The summed E-state index contributed by atoms with van der Waals surface area (Å²) in [6.45, 7) is 66.0. The molecule has 5 nitrogen and oxygen atoms in total. The van der Waals surface area contributed by atoms with Crippen LogP contribution in [0.25, 0.3) is 0 Å². The highest BCUT2D eigenvalue weighted by Gasteiger charge is 2.22. The molecule has 0 atom stereocenters. The van der Waals surface area contributed by atoms with Crippen molar-refractivity contribution >= 4 is 11.8 Å². The summed E-state index contributed by atoms with van der Waals surface area (Å²) in [5.41, 5.74) is 6.00. The van der Waals surface area contributed by atoms with Gasteiger partial charge in [-0.3, -0.25) is 4.90 Å². The van der Waals surface area contributed by atoms with Crippen LogP contribution in [0.5, 0.6) is 0 Å². The van der Waals surface area contributed by atoms with Crippen molar-refractivity contribution in [1.29, 1.82) is 0 Å². The van der Waals surface area contributed by atoms with E-state index in [-0.39, 0.29) is 13.0 Å². The molecule has 0 aromatic heterocycles. The van der Waals surface area contributed by atoms with Crippen molar-refractivity contribution < 1.29 is 14.3 Å². The molecule has 4 fully saturated rings. The Balaban J connectivity index is -0.0000000962. The van der Waals surface area contributed by atoms with Crippen molar-refractivity contribution in [3.05, 3.63) is 0 Å². The number of nitrogens with zero attached hydrogens (tertiary/aromatic N) is 1. The summed E-state index contributed by atoms with van der Waals surface area (Å²) in [4.78, 5) is 7.05. The molecule has 0 aromatic rings. The quantitative estimate of drug-likeness (QED) is 0.262. The predicted octanol–water partition coefficient (Wildman–Crippen LogP) is 16.6. The van der Waals surface area contributed by atoms with E-state index in [1.807, 2.05) is 0 Å². The lowest BCUT2D eigenvalue weighted by molar-refractivity contribution is -0.0560. The van der Waals surface area contributed by atoms with Gasteiger partial charge in [0.1, 0.15) is 0 Å². The second-order valence-electron chi connectivity index (χ2n) is 25.6. The molecule has 4 heterocycles. The highest BCUT2D eigenvalue weighted by atomic mass is 32.2. The number of nitrogens with one attached hydrogen (secondary N) is 1. The van der Waals surface area contributed by atoms with E-state index in [9.17, 15) is 0 Å². The molecule has 0 bridgehead atoms. The standard InChI is InChI=1S/C8H17NO.6C5H12.C4H8O.C4H8S.C3H7NO.CH4/c1-8(2,3)9-5-4-6-10-7-9;6*1-5(2,3)4;3*1-2-4-5-3-1;/h4-7H2,1-3H3;6*1-4H3;2*1-4H2;4H,1-3H2;1H4. The van der Waals surface area contributed by atoms with Crippen molar-refractivity contribution in [1.82, 2.24) is 10.4 Å². The van der Waals surface area contributed by atoms with E-state index in [4.69, 9.17) is 14.3 Å². The van der Waals surface area contributed by atoms with Gasteiger partial charge >= 0.3 is 0 Å². The zero-order valence-electron chi connectivity index (χ0n) is 43.7. The second kappa shape index (κ2) is 38.1. The first kappa shape index (κ1) is 70.7. The largest absolute Gasteiger partial charge is 0.381 e. The monoisotopic (exact) mass is 825 g/mol. The molecule has 1 N–H and O–H groups in total. The second-order valence-corrected chi connectivity index (χ2v) is 26.8. The number of hydrogen-bond acceptors (Lipinski definition) is 6. The third kappa shape index (κ3) is 180. The summed E-state index contributed by atoms with van der Waals surface area (Å²) in [6.07, 6.45) is 7.83. The summed E-state index contributed by atoms with van der Waals surface area (Å²) < 4.78 is 10.3. The van der Waals surface area contributed by atoms with E-state index < -0.39 is 0 Å². The zero-order chi connectivity index (χ0) is 45.2. The summed E-state index contributed by atoms with van der Waals surface area (Å²) in [5.74, 6) is 2.83. The number of rotatable bonds is 0. The lowest BCUT2D eigenvalue weighted by Gasteiger charge is -2.37. The molecule has 0 aliphatic carbocycles.